The molecule has 0 bridgehead atoms. The maximum atomic E-state index is 12.5. The predicted molar refractivity (Wildman–Crippen MR) is 106 cm³/mol. The summed E-state index contributed by atoms with van der Waals surface area (Å²) in [7, 11) is 0. The van der Waals surface area contributed by atoms with E-state index in [1.165, 1.54) is 12.8 Å². The van der Waals surface area contributed by atoms with Crippen LogP contribution in [0.4, 0.5) is 4.79 Å². The average molecular weight is 380 g/mol. The molecule has 0 N–H and O–H groups in total. The summed E-state index contributed by atoms with van der Waals surface area (Å²) < 4.78 is 5.56. The lowest BCUT2D eigenvalue weighted by Gasteiger charge is -2.41. The Balaban J connectivity index is 1.52. The second-order valence-electron chi connectivity index (χ2n) is 10.1. The molecule has 27 heavy (non-hydrogen) atoms. The second kappa shape index (κ2) is 7.98. The molecule has 0 aromatic heterocycles. The molecule has 3 heterocycles. The van der Waals surface area contributed by atoms with Gasteiger partial charge in [-0.2, -0.15) is 0 Å². The van der Waals surface area contributed by atoms with Crippen molar-refractivity contribution in [2.75, 3.05) is 45.9 Å². The minimum absolute atomic E-state index is 0.00201. The molecule has 3 fully saturated rings. The molecule has 0 unspecified atom stereocenters. The van der Waals surface area contributed by atoms with E-state index in [1.807, 2.05) is 9.80 Å². The van der Waals surface area contributed by atoms with Crippen molar-refractivity contribution in [2.24, 2.45) is 10.8 Å². The van der Waals surface area contributed by atoms with Crippen molar-refractivity contribution in [3.63, 3.8) is 0 Å². The number of ether oxygens (including phenoxy) is 1. The first kappa shape index (κ1) is 20.4. The number of carbonyl (C=O) groups is 2. The van der Waals surface area contributed by atoms with Gasteiger partial charge in [0.25, 0.3) is 0 Å². The fourth-order valence-corrected chi connectivity index (χ4v) is 4.89. The second-order valence-corrected chi connectivity index (χ2v) is 10.1. The quantitative estimate of drug-likeness (QED) is 0.740. The van der Waals surface area contributed by atoms with Crippen LogP contribution in [-0.2, 0) is 9.53 Å². The number of hydrogen-bond donors (Lipinski definition) is 0. The van der Waals surface area contributed by atoms with Gasteiger partial charge in [0.2, 0.25) is 5.91 Å². The van der Waals surface area contributed by atoms with Crippen LogP contribution in [0.5, 0.6) is 0 Å². The van der Waals surface area contributed by atoms with Gasteiger partial charge in [0.15, 0.2) is 0 Å². The monoisotopic (exact) mass is 379 g/mol. The molecule has 3 saturated heterocycles. The molecule has 0 aromatic rings. The Morgan fingerprint density at radius 2 is 1.70 bits per heavy atom. The standard InChI is InChI=1S/C21H37N3O3/c1-17(25)22-11-6-18(7-12-22)23-13-9-21(14-23)8-5-10-24(15-21)19(26)27-16-20(2,3)4/h18H,5-16H2,1-4H3/t21-/m0/s1. The highest BCUT2D eigenvalue weighted by molar-refractivity contribution is 5.73. The third kappa shape index (κ3) is 5.15. The Bertz CT molecular complexity index is 551. The fourth-order valence-electron chi connectivity index (χ4n) is 4.89. The zero-order valence-corrected chi connectivity index (χ0v) is 17.6. The van der Waals surface area contributed by atoms with Crippen molar-refractivity contribution >= 4 is 12.0 Å². The summed E-state index contributed by atoms with van der Waals surface area (Å²) in [6.45, 7) is 14.0. The molecule has 3 rings (SSSR count). The zero-order chi connectivity index (χ0) is 19.7. The normalized spacial score (nSPS) is 28.0. The van der Waals surface area contributed by atoms with E-state index >= 15 is 0 Å². The number of piperidine rings is 2. The molecule has 6 nitrogen and oxygen atoms in total. The summed E-state index contributed by atoms with van der Waals surface area (Å²) >= 11 is 0. The summed E-state index contributed by atoms with van der Waals surface area (Å²) in [5, 5.41) is 0. The predicted octanol–water partition coefficient (Wildman–Crippen LogP) is 2.97. The van der Waals surface area contributed by atoms with Crippen LogP contribution in [0, 0.1) is 10.8 Å². The Kier molecular flexibility index (Phi) is 6.04. The first-order chi connectivity index (χ1) is 12.7. The van der Waals surface area contributed by atoms with Gasteiger partial charge in [-0.3, -0.25) is 9.69 Å². The van der Waals surface area contributed by atoms with Crippen LogP contribution in [0.3, 0.4) is 0 Å². The molecule has 3 aliphatic heterocycles. The van der Waals surface area contributed by atoms with Crippen LogP contribution in [0.15, 0.2) is 0 Å². The van der Waals surface area contributed by atoms with Crippen LogP contribution >= 0.6 is 0 Å². The summed E-state index contributed by atoms with van der Waals surface area (Å²) in [5.74, 6) is 0.197. The topological polar surface area (TPSA) is 53.1 Å². The number of likely N-dealkylation sites (tertiary alicyclic amines) is 3. The highest BCUT2D eigenvalue weighted by Gasteiger charge is 2.44. The van der Waals surface area contributed by atoms with Gasteiger partial charge in [0.05, 0.1) is 6.61 Å². The number of carbonyl (C=O) groups excluding carboxylic acids is 2. The van der Waals surface area contributed by atoms with Gasteiger partial charge in [-0.1, -0.05) is 20.8 Å². The van der Waals surface area contributed by atoms with Crippen LogP contribution in [0.25, 0.3) is 0 Å². The first-order valence-corrected chi connectivity index (χ1v) is 10.6. The molecule has 0 aromatic carbocycles. The molecular formula is C21H37N3O3. The van der Waals surface area contributed by atoms with Crippen molar-refractivity contribution in [2.45, 2.75) is 65.8 Å². The van der Waals surface area contributed by atoms with Crippen molar-refractivity contribution in [1.82, 2.24) is 14.7 Å². The van der Waals surface area contributed by atoms with Gasteiger partial charge in [0.1, 0.15) is 0 Å². The van der Waals surface area contributed by atoms with Crippen molar-refractivity contribution in [3.8, 4) is 0 Å². The van der Waals surface area contributed by atoms with E-state index in [4.69, 9.17) is 4.74 Å². The molecule has 154 valence electrons. The fraction of sp³-hybridized carbons (Fsp3) is 0.905. The maximum Gasteiger partial charge on any atom is 0.409 e. The smallest absolute Gasteiger partial charge is 0.409 e. The summed E-state index contributed by atoms with van der Waals surface area (Å²) in [4.78, 5) is 30.6. The van der Waals surface area contributed by atoms with E-state index in [2.05, 4.69) is 25.7 Å². The molecular weight excluding hydrogens is 342 g/mol. The summed E-state index contributed by atoms with van der Waals surface area (Å²) in [6, 6.07) is 0.586. The van der Waals surface area contributed by atoms with Gasteiger partial charge in [-0.25, -0.2) is 4.79 Å². The molecule has 0 aliphatic carbocycles. The highest BCUT2D eigenvalue weighted by Crippen LogP contribution is 2.40. The van der Waals surface area contributed by atoms with E-state index < -0.39 is 0 Å². The van der Waals surface area contributed by atoms with Crippen LogP contribution in [0.2, 0.25) is 0 Å². The van der Waals surface area contributed by atoms with Crippen LogP contribution in [0.1, 0.15) is 59.8 Å². The van der Waals surface area contributed by atoms with E-state index in [9.17, 15) is 9.59 Å². The maximum absolute atomic E-state index is 12.5. The molecule has 3 aliphatic rings. The van der Waals surface area contributed by atoms with Crippen molar-refractivity contribution in [1.29, 1.82) is 0 Å². The van der Waals surface area contributed by atoms with Gasteiger partial charge in [-0.15, -0.1) is 0 Å². The molecule has 2 amide bonds. The highest BCUT2D eigenvalue weighted by atomic mass is 16.6. The Hall–Kier alpha value is -1.30. The molecule has 0 saturated carbocycles. The van der Waals surface area contributed by atoms with Crippen LogP contribution in [-0.4, -0.2) is 78.6 Å². The van der Waals surface area contributed by atoms with Crippen LogP contribution < -0.4 is 0 Å². The lowest BCUT2D eigenvalue weighted by atomic mass is 9.79. The SMILES string of the molecule is CC(=O)N1CCC(N2CC[C@@]3(CCCN(C(=O)OCC(C)(C)C)C3)C2)CC1. The summed E-state index contributed by atoms with van der Waals surface area (Å²) in [6.07, 6.45) is 5.46. The van der Waals surface area contributed by atoms with Crippen molar-refractivity contribution < 1.29 is 14.3 Å². The minimum Gasteiger partial charge on any atom is -0.449 e. The van der Waals surface area contributed by atoms with Gasteiger partial charge < -0.3 is 14.5 Å². The molecule has 1 atom stereocenters. The van der Waals surface area contributed by atoms with Gasteiger partial charge >= 0.3 is 6.09 Å². The van der Waals surface area contributed by atoms with E-state index in [-0.39, 0.29) is 22.8 Å². The number of hydrogen-bond acceptors (Lipinski definition) is 4. The number of amides is 2. The Morgan fingerprint density at radius 1 is 1.00 bits per heavy atom. The third-order valence-corrected chi connectivity index (χ3v) is 6.44. The summed E-state index contributed by atoms with van der Waals surface area (Å²) in [5.41, 5.74) is 0.235. The van der Waals surface area contributed by atoms with E-state index in [0.29, 0.717) is 12.6 Å². The van der Waals surface area contributed by atoms with Crippen molar-refractivity contribution in [3.05, 3.63) is 0 Å². The molecule has 6 heteroatoms. The van der Waals surface area contributed by atoms with E-state index in [0.717, 1.165) is 58.5 Å². The number of nitrogens with zero attached hydrogens (tertiary/aromatic N) is 3. The first-order valence-electron chi connectivity index (χ1n) is 10.6. The average Bonchev–Trinajstić information content (AvgIpc) is 3.02. The zero-order valence-electron chi connectivity index (χ0n) is 17.6. The lowest BCUT2D eigenvalue weighted by molar-refractivity contribution is -0.130. The molecule has 0 radical (unpaired) electrons. The Morgan fingerprint density at radius 3 is 2.33 bits per heavy atom. The lowest BCUT2D eigenvalue weighted by Crippen LogP contribution is -2.50. The van der Waals surface area contributed by atoms with Gasteiger partial charge in [0, 0.05) is 51.1 Å². The minimum atomic E-state index is -0.141. The number of rotatable bonds is 2. The third-order valence-electron chi connectivity index (χ3n) is 6.44. The molecule has 1 spiro atoms. The largest absolute Gasteiger partial charge is 0.449 e. The van der Waals surface area contributed by atoms with Gasteiger partial charge in [-0.05, 0) is 44.1 Å². The van der Waals surface area contributed by atoms with E-state index in [1.54, 1.807) is 6.92 Å². The Labute approximate surface area is 164 Å².